The lowest BCUT2D eigenvalue weighted by Gasteiger charge is -2.23. The van der Waals surface area contributed by atoms with Crippen LogP contribution in [0.5, 0.6) is 11.5 Å². The fourth-order valence-electron chi connectivity index (χ4n) is 3.45. The molecule has 1 amide bonds. The van der Waals surface area contributed by atoms with E-state index in [1.54, 1.807) is 58.9 Å². The minimum absolute atomic E-state index is 0.0208. The first-order valence-corrected chi connectivity index (χ1v) is 13.8. The molecule has 0 aromatic heterocycles. The van der Waals surface area contributed by atoms with Crippen LogP contribution < -0.4 is 20.5 Å². The number of nitro groups is 1. The first-order chi connectivity index (χ1) is 20.6. The number of aliphatic carboxylic acids is 1. The monoisotopic (exact) mass is 609 g/mol. The average molecular weight is 610 g/mol. The van der Waals surface area contributed by atoms with Gasteiger partial charge < -0.3 is 30.4 Å². The molecule has 0 saturated heterocycles. The minimum Gasteiger partial charge on any atom is -0.489 e. The number of carboxylic acids is 1. The molecule has 3 aromatic rings. The Labute approximate surface area is 256 Å². The third-order valence-corrected chi connectivity index (χ3v) is 5.86. The van der Waals surface area contributed by atoms with E-state index >= 15 is 0 Å². The van der Waals surface area contributed by atoms with E-state index in [-0.39, 0.29) is 23.8 Å². The second-order valence-corrected chi connectivity index (χ2v) is 11.1. The number of nitrogens with zero attached hydrogens (tertiary/aromatic N) is 1. The van der Waals surface area contributed by atoms with Gasteiger partial charge in [0.25, 0.3) is 5.69 Å². The third-order valence-electron chi connectivity index (χ3n) is 5.86. The lowest BCUT2D eigenvalue weighted by Crippen LogP contribution is -2.46. The molecule has 44 heavy (non-hydrogen) atoms. The van der Waals surface area contributed by atoms with Gasteiger partial charge in [-0.3, -0.25) is 14.9 Å². The van der Waals surface area contributed by atoms with Crippen LogP contribution in [-0.2, 0) is 27.4 Å². The quantitative estimate of drug-likeness (QED) is 0.112. The number of rotatable bonds is 11. The van der Waals surface area contributed by atoms with E-state index in [0.29, 0.717) is 12.4 Å². The average Bonchev–Trinajstić information content (AvgIpc) is 2.96. The maximum Gasteiger partial charge on any atom is 0.408 e. The molecule has 0 bridgehead atoms. The Bertz CT molecular complexity index is 1370. The minimum atomic E-state index is -1.06. The number of carbonyl (C=O) groups excluding carboxylic acids is 2. The van der Waals surface area contributed by atoms with Crippen molar-refractivity contribution in [1.82, 2.24) is 5.32 Å². The summed E-state index contributed by atoms with van der Waals surface area (Å²) in [6, 6.07) is 20.2. The first-order valence-electron chi connectivity index (χ1n) is 13.8. The van der Waals surface area contributed by atoms with E-state index in [1.165, 1.54) is 24.3 Å². The number of esters is 1. The number of alkyl carbamates (subject to hydrolysis) is 1. The van der Waals surface area contributed by atoms with Crippen molar-refractivity contribution in [3.8, 4) is 11.5 Å². The smallest absolute Gasteiger partial charge is 0.408 e. The van der Waals surface area contributed by atoms with Crippen LogP contribution in [0.3, 0.4) is 0 Å². The number of benzene rings is 3. The van der Waals surface area contributed by atoms with Crippen molar-refractivity contribution in [2.24, 2.45) is 11.7 Å². The molecule has 3 aromatic carbocycles. The molecule has 12 nitrogen and oxygen atoms in total. The summed E-state index contributed by atoms with van der Waals surface area (Å²) in [5.74, 6) is -0.870. The van der Waals surface area contributed by atoms with Gasteiger partial charge in [0.05, 0.1) is 4.92 Å². The molecule has 4 N–H and O–H groups in total. The van der Waals surface area contributed by atoms with Gasteiger partial charge in [-0.15, -0.1) is 0 Å². The molecular weight excluding hydrogens is 570 g/mol. The number of hydrogen-bond donors (Lipinski definition) is 3. The highest BCUT2D eigenvalue weighted by Crippen LogP contribution is 2.20. The van der Waals surface area contributed by atoms with Gasteiger partial charge in [0.1, 0.15) is 35.8 Å². The van der Waals surface area contributed by atoms with Gasteiger partial charge in [-0.2, -0.15) is 0 Å². The number of ether oxygens (including phenoxy) is 3. The zero-order valence-electron chi connectivity index (χ0n) is 25.4. The summed E-state index contributed by atoms with van der Waals surface area (Å²) in [5.41, 5.74) is 6.07. The van der Waals surface area contributed by atoms with Gasteiger partial charge in [-0.05, 0) is 62.1 Å². The standard InChI is InChI=1S/C27H28N2O7.C5H11NO2/c1-27(2,3)36-26(31)28-24(25(30)35-23-15-11-21(12-16-23)29(32)33)17-19-9-13-22(14-10-19)34-18-20-7-5-4-6-8-20;1-3(2)4(6)5(7)8/h4-16,24H,17-18H2,1-3H3,(H,28,31);3-4H,6H2,1-2H3,(H,7,8)/t24-;4-/m00/s1. The summed E-state index contributed by atoms with van der Waals surface area (Å²) in [4.78, 5) is 45.6. The molecule has 0 aliphatic rings. The van der Waals surface area contributed by atoms with Gasteiger partial charge in [0.15, 0.2) is 0 Å². The Morgan fingerprint density at radius 3 is 1.95 bits per heavy atom. The second kappa shape index (κ2) is 16.6. The predicted molar refractivity (Wildman–Crippen MR) is 163 cm³/mol. The van der Waals surface area contributed by atoms with Crippen molar-refractivity contribution < 1.29 is 38.6 Å². The topological polar surface area (TPSA) is 180 Å². The molecule has 0 spiro atoms. The van der Waals surface area contributed by atoms with Gasteiger partial charge in [0, 0.05) is 18.6 Å². The highest BCUT2D eigenvalue weighted by atomic mass is 16.6. The molecule has 0 saturated carbocycles. The molecule has 12 heteroatoms. The number of nitrogens with one attached hydrogen (secondary N) is 1. The molecule has 0 aliphatic carbocycles. The molecule has 236 valence electrons. The number of amides is 1. The molecule has 3 rings (SSSR count). The molecular formula is C32H39N3O9. The summed E-state index contributed by atoms with van der Waals surface area (Å²) in [5, 5.41) is 21.6. The van der Waals surface area contributed by atoms with E-state index in [4.69, 9.17) is 25.1 Å². The fraction of sp³-hybridized carbons (Fsp3) is 0.344. The van der Waals surface area contributed by atoms with Crippen LogP contribution in [0.15, 0.2) is 78.9 Å². The van der Waals surface area contributed by atoms with Crippen molar-refractivity contribution in [3.05, 3.63) is 100 Å². The van der Waals surface area contributed by atoms with Crippen molar-refractivity contribution in [2.45, 2.75) is 65.3 Å². The van der Waals surface area contributed by atoms with Crippen LogP contribution in [0.4, 0.5) is 10.5 Å². The number of nitro benzene ring substituents is 1. The molecule has 0 radical (unpaired) electrons. The zero-order valence-corrected chi connectivity index (χ0v) is 25.4. The molecule has 0 heterocycles. The number of carboxylic acid groups (broad SMARTS) is 1. The summed E-state index contributed by atoms with van der Waals surface area (Å²) >= 11 is 0. The highest BCUT2D eigenvalue weighted by molar-refractivity contribution is 5.83. The lowest BCUT2D eigenvalue weighted by atomic mass is 10.1. The lowest BCUT2D eigenvalue weighted by molar-refractivity contribution is -0.384. The summed E-state index contributed by atoms with van der Waals surface area (Å²) in [7, 11) is 0. The first kappa shape index (κ1) is 35.2. The number of carbonyl (C=O) groups is 3. The Kier molecular flexibility index (Phi) is 13.3. The number of nitrogens with two attached hydrogens (primary N) is 1. The Balaban J connectivity index is 0.000000742. The van der Waals surface area contributed by atoms with E-state index in [0.717, 1.165) is 11.1 Å². The van der Waals surface area contributed by atoms with Gasteiger partial charge in [-0.25, -0.2) is 9.59 Å². The zero-order chi connectivity index (χ0) is 32.9. The van der Waals surface area contributed by atoms with Gasteiger partial charge in [0.2, 0.25) is 0 Å². The predicted octanol–water partition coefficient (Wildman–Crippen LogP) is 5.27. The van der Waals surface area contributed by atoms with Crippen molar-refractivity contribution in [3.63, 3.8) is 0 Å². The van der Waals surface area contributed by atoms with E-state index in [9.17, 15) is 24.5 Å². The maximum atomic E-state index is 12.9. The van der Waals surface area contributed by atoms with Crippen LogP contribution in [-0.4, -0.2) is 45.7 Å². The van der Waals surface area contributed by atoms with E-state index in [1.807, 2.05) is 30.3 Å². The number of non-ortho nitro benzene ring substituents is 1. The second-order valence-electron chi connectivity index (χ2n) is 11.1. The summed E-state index contributed by atoms with van der Waals surface area (Å²) in [6.07, 6.45) is -0.639. The van der Waals surface area contributed by atoms with Crippen molar-refractivity contribution in [1.29, 1.82) is 0 Å². The normalized spacial score (nSPS) is 12.2. The van der Waals surface area contributed by atoms with Crippen molar-refractivity contribution in [2.75, 3.05) is 0 Å². The Morgan fingerprint density at radius 1 is 0.909 bits per heavy atom. The van der Waals surface area contributed by atoms with Crippen LogP contribution in [0.25, 0.3) is 0 Å². The maximum absolute atomic E-state index is 12.9. The largest absolute Gasteiger partial charge is 0.489 e. The Morgan fingerprint density at radius 2 is 1.48 bits per heavy atom. The molecule has 0 unspecified atom stereocenters. The highest BCUT2D eigenvalue weighted by Gasteiger charge is 2.26. The fourth-order valence-corrected chi connectivity index (χ4v) is 3.45. The summed E-state index contributed by atoms with van der Waals surface area (Å²) in [6.45, 7) is 9.11. The third kappa shape index (κ3) is 12.9. The SMILES string of the molecule is CC(C)(C)OC(=O)N[C@@H](Cc1ccc(OCc2ccccc2)cc1)C(=O)Oc1ccc([N+](=O)[O-])cc1.CC(C)[C@H](N)C(=O)O. The van der Waals surface area contributed by atoms with Crippen LogP contribution in [0, 0.1) is 16.0 Å². The molecule has 2 atom stereocenters. The van der Waals surface area contributed by atoms with Crippen molar-refractivity contribution >= 4 is 23.7 Å². The van der Waals surface area contributed by atoms with Gasteiger partial charge in [-0.1, -0.05) is 56.3 Å². The molecule has 0 aliphatic heterocycles. The molecule has 0 fully saturated rings. The van der Waals surface area contributed by atoms with Crippen LogP contribution in [0.2, 0.25) is 0 Å². The van der Waals surface area contributed by atoms with Crippen LogP contribution >= 0.6 is 0 Å². The van der Waals surface area contributed by atoms with E-state index in [2.05, 4.69) is 5.32 Å². The van der Waals surface area contributed by atoms with Crippen LogP contribution in [0.1, 0.15) is 45.7 Å². The number of hydrogen-bond acceptors (Lipinski definition) is 9. The summed E-state index contributed by atoms with van der Waals surface area (Å²) < 4.78 is 16.5. The Hall–Kier alpha value is -4.97. The van der Waals surface area contributed by atoms with Gasteiger partial charge >= 0.3 is 18.0 Å². The van der Waals surface area contributed by atoms with E-state index < -0.39 is 40.6 Å².